The average Bonchev–Trinajstić information content (AvgIpc) is 2.24. The Morgan fingerprint density at radius 2 is 1.19 bits per heavy atom. The zero-order valence-electron chi connectivity index (χ0n) is 11.1. The van der Waals surface area contributed by atoms with Crippen molar-refractivity contribution in [3.05, 3.63) is 0 Å². The molecule has 0 aromatic rings. The number of hydrogen-bond donors (Lipinski definition) is 0. The Kier molecular flexibility index (Phi) is 3.72. The highest BCUT2D eigenvalue weighted by Gasteiger charge is 2.28. The van der Waals surface area contributed by atoms with Crippen LogP contribution in [0, 0.1) is 10.8 Å². The summed E-state index contributed by atoms with van der Waals surface area (Å²) in [6.07, 6.45) is 0. The maximum Gasteiger partial charge on any atom is 0.0647 e. The van der Waals surface area contributed by atoms with E-state index in [1.807, 2.05) is 0 Å². The van der Waals surface area contributed by atoms with E-state index in [2.05, 4.69) is 51.7 Å². The van der Waals surface area contributed by atoms with Gasteiger partial charge >= 0.3 is 0 Å². The Hall–Kier alpha value is -0.510. The molecule has 0 unspecified atom stereocenters. The molecule has 1 aliphatic rings. The number of rotatable bonds is 0. The minimum Gasteiger partial charge on any atom is -0.259 e. The first-order valence-corrected chi connectivity index (χ1v) is 7.09. The van der Waals surface area contributed by atoms with E-state index < -0.39 is 10.8 Å². The van der Waals surface area contributed by atoms with Gasteiger partial charge in [0.25, 0.3) is 0 Å². The van der Waals surface area contributed by atoms with E-state index in [0.717, 1.165) is 11.4 Å². The van der Waals surface area contributed by atoms with Crippen molar-refractivity contribution in [3.63, 3.8) is 0 Å². The third kappa shape index (κ3) is 3.51. The Labute approximate surface area is 101 Å². The Morgan fingerprint density at radius 1 is 0.875 bits per heavy atom. The van der Waals surface area contributed by atoms with Crippen LogP contribution in [0.3, 0.4) is 0 Å². The normalized spacial score (nSPS) is 20.1. The van der Waals surface area contributed by atoms with Crippen molar-refractivity contribution in [1.29, 1.82) is 0 Å². The van der Waals surface area contributed by atoms with Gasteiger partial charge in [-0.05, 0) is 0 Å². The molecule has 0 bridgehead atoms. The fraction of sp³-hybridized carbons (Fsp3) is 0.833. The van der Waals surface area contributed by atoms with Gasteiger partial charge in [0.05, 0.1) is 22.9 Å². The van der Waals surface area contributed by atoms with Gasteiger partial charge in [0, 0.05) is 21.6 Å². The molecule has 0 fully saturated rings. The highest BCUT2D eigenvalue weighted by Crippen LogP contribution is 2.23. The molecular weight excluding hydrogens is 220 g/mol. The number of hydrogen-bond acceptors (Lipinski definition) is 3. The summed E-state index contributed by atoms with van der Waals surface area (Å²) in [4.78, 5) is 0. The van der Waals surface area contributed by atoms with Crippen LogP contribution in [0.5, 0.6) is 0 Å². The van der Waals surface area contributed by atoms with Crippen molar-refractivity contribution in [2.45, 2.75) is 41.5 Å². The van der Waals surface area contributed by atoms with Crippen LogP contribution in [0.25, 0.3) is 0 Å². The van der Waals surface area contributed by atoms with Crippen molar-refractivity contribution >= 4 is 22.2 Å². The molecule has 0 amide bonds. The van der Waals surface area contributed by atoms with Crippen molar-refractivity contribution in [2.24, 2.45) is 21.0 Å². The van der Waals surface area contributed by atoms with Crippen LogP contribution in [0.2, 0.25) is 0 Å². The Morgan fingerprint density at radius 3 is 1.44 bits per heavy atom. The lowest BCUT2D eigenvalue weighted by atomic mass is 9.91. The van der Waals surface area contributed by atoms with Crippen LogP contribution in [0.4, 0.5) is 0 Å². The molecule has 0 aromatic heterocycles. The van der Waals surface area contributed by atoms with Gasteiger partial charge in [-0.3, -0.25) is 4.21 Å². The van der Waals surface area contributed by atoms with Crippen LogP contribution in [-0.2, 0) is 10.8 Å². The van der Waals surface area contributed by atoms with Crippen molar-refractivity contribution < 1.29 is 4.21 Å². The molecule has 0 atom stereocenters. The lowest BCUT2D eigenvalue weighted by Crippen LogP contribution is -2.28. The predicted molar refractivity (Wildman–Crippen MR) is 71.7 cm³/mol. The third-order valence-electron chi connectivity index (χ3n) is 2.62. The summed E-state index contributed by atoms with van der Waals surface area (Å²) in [6.45, 7) is 12.5. The molecule has 0 saturated heterocycles. The van der Waals surface area contributed by atoms with Crippen LogP contribution < -0.4 is 0 Å². The average molecular weight is 242 g/mol. The van der Waals surface area contributed by atoms with Crippen LogP contribution in [0.15, 0.2) is 10.2 Å². The lowest BCUT2D eigenvalue weighted by molar-refractivity contribution is 0.579. The van der Waals surface area contributed by atoms with E-state index in [1.165, 1.54) is 0 Å². The summed E-state index contributed by atoms with van der Waals surface area (Å²) in [5.74, 6) is 1.10. The molecule has 0 aromatic carbocycles. The zero-order chi connectivity index (χ0) is 12.6. The summed E-state index contributed by atoms with van der Waals surface area (Å²) in [7, 11) is -0.872. The topological polar surface area (TPSA) is 41.8 Å². The standard InChI is InChI=1S/C12H22N2OS/c1-11(2,3)9-7-16(15)8-10(14-13-9)12(4,5)6/h7-8H2,1-6H3. The zero-order valence-corrected chi connectivity index (χ0v) is 11.9. The minimum atomic E-state index is -0.872. The maximum absolute atomic E-state index is 11.9. The van der Waals surface area contributed by atoms with Gasteiger partial charge in [0.15, 0.2) is 0 Å². The fourth-order valence-electron chi connectivity index (χ4n) is 1.27. The van der Waals surface area contributed by atoms with Gasteiger partial charge in [-0.2, -0.15) is 10.2 Å². The summed E-state index contributed by atoms with van der Waals surface area (Å²) in [6, 6.07) is 0. The van der Waals surface area contributed by atoms with E-state index in [9.17, 15) is 4.21 Å². The monoisotopic (exact) mass is 242 g/mol. The minimum absolute atomic E-state index is 0.0491. The number of nitrogens with zero attached hydrogens (tertiary/aromatic N) is 2. The van der Waals surface area contributed by atoms with Gasteiger partial charge in [-0.25, -0.2) is 0 Å². The van der Waals surface area contributed by atoms with E-state index in [0.29, 0.717) is 11.5 Å². The highest BCUT2D eigenvalue weighted by molar-refractivity contribution is 7.86. The van der Waals surface area contributed by atoms with Gasteiger partial charge in [-0.15, -0.1) is 0 Å². The first kappa shape index (κ1) is 13.6. The third-order valence-corrected chi connectivity index (χ3v) is 3.81. The first-order valence-electron chi connectivity index (χ1n) is 5.60. The van der Waals surface area contributed by atoms with Crippen molar-refractivity contribution in [3.8, 4) is 0 Å². The molecule has 3 nitrogen and oxygen atoms in total. The molecule has 1 aliphatic heterocycles. The fourth-order valence-corrected chi connectivity index (χ4v) is 2.96. The molecule has 1 rings (SSSR count). The predicted octanol–water partition coefficient (Wildman–Crippen LogP) is 2.64. The van der Waals surface area contributed by atoms with Gasteiger partial charge in [0.1, 0.15) is 0 Å². The molecular formula is C12H22N2OS. The molecule has 0 N–H and O–H groups in total. The highest BCUT2D eigenvalue weighted by atomic mass is 32.2. The second-order valence-corrected chi connectivity index (χ2v) is 7.78. The second-order valence-electron chi connectivity index (χ2n) is 6.32. The molecule has 0 saturated carbocycles. The lowest BCUT2D eigenvalue weighted by Gasteiger charge is -2.19. The first-order chi connectivity index (χ1) is 7.10. The SMILES string of the molecule is CC(C)(C)C1=NN=C(C(C)(C)C)CS(=O)C1. The Bertz CT molecular complexity index is 322. The van der Waals surface area contributed by atoms with E-state index in [1.54, 1.807) is 0 Å². The molecule has 4 heteroatoms. The maximum atomic E-state index is 11.9. The summed E-state index contributed by atoms with van der Waals surface area (Å²) >= 11 is 0. The molecule has 1 heterocycles. The quantitative estimate of drug-likeness (QED) is 0.644. The largest absolute Gasteiger partial charge is 0.259 e. The van der Waals surface area contributed by atoms with Crippen molar-refractivity contribution in [2.75, 3.05) is 11.5 Å². The Balaban J connectivity index is 3.07. The second kappa shape index (κ2) is 4.40. The summed E-state index contributed by atoms with van der Waals surface area (Å²) in [5, 5.41) is 8.61. The summed E-state index contributed by atoms with van der Waals surface area (Å²) < 4.78 is 11.9. The molecule has 0 radical (unpaired) electrons. The van der Waals surface area contributed by atoms with Gasteiger partial charge in [-0.1, -0.05) is 41.5 Å². The molecule has 16 heavy (non-hydrogen) atoms. The molecule has 0 aliphatic carbocycles. The van der Waals surface area contributed by atoms with Crippen molar-refractivity contribution in [1.82, 2.24) is 0 Å². The smallest absolute Gasteiger partial charge is 0.0647 e. The van der Waals surface area contributed by atoms with Gasteiger partial charge in [0.2, 0.25) is 0 Å². The van der Waals surface area contributed by atoms with Crippen LogP contribution in [-0.4, -0.2) is 27.1 Å². The molecule has 0 spiro atoms. The molecule has 92 valence electrons. The van der Waals surface area contributed by atoms with Gasteiger partial charge < -0.3 is 0 Å². The van der Waals surface area contributed by atoms with E-state index in [-0.39, 0.29) is 10.8 Å². The van der Waals surface area contributed by atoms with Crippen LogP contribution in [0.1, 0.15) is 41.5 Å². The van der Waals surface area contributed by atoms with E-state index in [4.69, 9.17) is 0 Å². The van der Waals surface area contributed by atoms with Crippen LogP contribution >= 0.6 is 0 Å². The van der Waals surface area contributed by atoms with E-state index >= 15 is 0 Å². The summed E-state index contributed by atoms with van der Waals surface area (Å²) in [5.41, 5.74) is 1.77.